The molecule has 141 valence electrons. The largest absolute Gasteiger partial charge is 0.416 e. The van der Waals surface area contributed by atoms with Gasteiger partial charge >= 0.3 is 6.18 Å². The van der Waals surface area contributed by atoms with Crippen LogP contribution in [-0.2, 0) is 6.18 Å². The Labute approximate surface area is 155 Å². The highest BCUT2D eigenvalue weighted by Gasteiger charge is 2.31. The van der Waals surface area contributed by atoms with E-state index in [4.69, 9.17) is 5.73 Å². The molecule has 4 aromatic rings. The first-order chi connectivity index (χ1) is 13.3. The van der Waals surface area contributed by atoms with Crippen LogP contribution < -0.4 is 5.73 Å². The molecule has 0 saturated heterocycles. The minimum Gasteiger partial charge on any atom is -0.382 e. The molecule has 0 unspecified atom stereocenters. The van der Waals surface area contributed by atoms with E-state index in [0.717, 1.165) is 6.07 Å². The van der Waals surface area contributed by atoms with Gasteiger partial charge in [-0.15, -0.1) is 0 Å². The molecule has 0 aliphatic rings. The molecular weight excluding hydrogens is 377 g/mol. The molecule has 0 amide bonds. The molecule has 0 atom stereocenters. The first kappa shape index (κ1) is 18.0. The predicted octanol–water partition coefficient (Wildman–Crippen LogP) is 5.58. The fourth-order valence-corrected chi connectivity index (χ4v) is 2.98. The fraction of sp³-hybridized carbons (Fsp3) is 0.0500. The van der Waals surface area contributed by atoms with Crippen LogP contribution in [0, 0.1) is 17.7 Å². The summed E-state index contributed by atoms with van der Waals surface area (Å²) in [7, 11) is 0. The number of alkyl halides is 3. The third-order valence-corrected chi connectivity index (χ3v) is 4.43. The van der Waals surface area contributed by atoms with Crippen molar-refractivity contribution in [3.05, 3.63) is 71.8 Å². The number of nitrogen functional groups attached to an aromatic ring is 1. The van der Waals surface area contributed by atoms with E-state index < -0.39 is 23.4 Å². The number of anilines is 1. The number of fused-ring (bicyclic) bond motifs is 1. The summed E-state index contributed by atoms with van der Waals surface area (Å²) in [6.45, 7) is 0. The van der Waals surface area contributed by atoms with Crippen molar-refractivity contribution in [2.24, 2.45) is 0 Å². The van der Waals surface area contributed by atoms with Crippen LogP contribution >= 0.6 is 0 Å². The SMILES string of the molecule is Nc1n[nH]c2c(F)c(-c3ccc(-c4cc(C(F)(F)F)c[c]c4F)cc3)ccc12. The number of rotatable bonds is 2. The molecule has 0 aliphatic carbocycles. The highest BCUT2D eigenvalue weighted by atomic mass is 19.4. The molecule has 1 aromatic heterocycles. The van der Waals surface area contributed by atoms with Crippen LogP contribution in [0.15, 0.2) is 48.5 Å². The zero-order valence-corrected chi connectivity index (χ0v) is 14.0. The normalized spacial score (nSPS) is 11.9. The standard InChI is InChI=1S/C20H11F5N3/c21-16-8-5-12(20(23,24)25)9-15(16)11-3-1-10(2-4-11)13-6-7-14-18(17(13)22)27-28-19(14)26/h1-7,9H,(H3,26,27,28). The smallest absolute Gasteiger partial charge is 0.382 e. The minimum atomic E-state index is -4.61. The van der Waals surface area contributed by atoms with Gasteiger partial charge in [-0.2, -0.15) is 18.3 Å². The van der Waals surface area contributed by atoms with Crippen molar-refractivity contribution in [1.29, 1.82) is 0 Å². The molecule has 0 aliphatic heterocycles. The number of nitrogens with two attached hydrogens (primary N) is 1. The summed E-state index contributed by atoms with van der Waals surface area (Å²) in [6.07, 6.45) is -4.61. The Balaban J connectivity index is 1.75. The van der Waals surface area contributed by atoms with Crippen molar-refractivity contribution in [1.82, 2.24) is 10.2 Å². The number of nitrogens with one attached hydrogen (secondary N) is 1. The Bertz CT molecular complexity index is 1180. The molecule has 3 N–H and O–H groups in total. The van der Waals surface area contributed by atoms with Crippen LogP contribution in [0.2, 0.25) is 0 Å². The van der Waals surface area contributed by atoms with Gasteiger partial charge in [0, 0.05) is 22.6 Å². The quantitative estimate of drug-likeness (QED) is 0.441. The lowest BCUT2D eigenvalue weighted by Gasteiger charge is -2.11. The molecule has 4 rings (SSSR count). The van der Waals surface area contributed by atoms with Gasteiger partial charge < -0.3 is 5.73 Å². The van der Waals surface area contributed by atoms with Gasteiger partial charge in [0.25, 0.3) is 0 Å². The molecule has 0 spiro atoms. The number of hydrogen-bond acceptors (Lipinski definition) is 2. The monoisotopic (exact) mass is 388 g/mol. The summed E-state index contributed by atoms with van der Waals surface area (Å²) in [5, 5.41) is 6.72. The van der Waals surface area contributed by atoms with Crippen LogP contribution in [0.25, 0.3) is 33.2 Å². The third-order valence-electron chi connectivity index (χ3n) is 4.43. The van der Waals surface area contributed by atoms with Gasteiger partial charge in [0.15, 0.2) is 11.6 Å². The topological polar surface area (TPSA) is 54.7 Å². The summed E-state index contributed by atoms with van der Waals surface area (Å²) < 4.78 is 67.3. The van der Waals surface area contributed by atoms with E-state index in [1.54, 1.807) is 6.07 Å². The Morgan fingerprint density at radius 1 is 0.929 bits per heavy atom. The summed E-state index contributed by atoms with van der Waals surface area (Å²) in [4.78, 5) is 0. The second-order valence-electron chi connectivity index (χ2n) is 6.15. The van der Waals surface area contributed by atoms with Crippen molar-refractivity contribution in [3.8, 4) is 22.3 Å². The van der Waals surface area contributed by atoms with Crippen LogP contribution in [0.1, 0.15) is 5.56 Å². The molecule has 0 saturated carbocycles. The van der Waals surface area contributed by atoms with E-state index in [9.17, 15) is 22.0 Å². The Morgan fingerprint density at radius 3 is 2.21 bits per heavy atom. The number of aromatic nitrogens is 2. The highest BCUT2D eigenvalue weighted by molar-refractivity contribution is 5.92. The summed E-state index contributed by atoms with van der Waals surface area (Å²) in [5.41, 5.74) is 5.49. The van der Waals surface area contributed by atoms with E-state index in [2.05, 4.69) is 10.2 Å². The zero-order valence-electron chi connectivity index (χ0n) is 14.0. The number of hydrogen-bond donors (Lipinski definition) is 2. The van der Waals surface area contributed by atoms with Gasteiger partial charge in [0.2, 0.25) is 0 Å². The van der Waals surface area contributed by atoms with Gasteiger partial charge in [0.05, 0.1) is 5.56 Å². The molecule has 0 bridgehead atoms. The van der Waals surface area contributed by atoms with Crippen LogP contribution in [0.4, 0.5) is 27.8 Å². The molecule has 1 heterocycles. The Kier molecular flexibility index (Phi) is 4.06. The van der Waals surface area contributed by atoms with Gasteiger partial charge in [0.1, 0.15) is 11.3 Å². The molecule has 8 heteroatoms. The minimum absolute atomic E-state index is 0.151. The van der Waals surface area contributed by atoms with Crippen LogP contribution in [0.3, 0.4) is 0 Å². The third kappa shape index (κ3) is 2.96. The fourth-order valence-electron chi connectivity index (χ4n) is 2.98. The maximum Gasteiger partial charge on any atom is 0.416 e. The second-order valence-corrected chi connectivity index (χ2v) is 6.15. The van der Waals surface area contributed by atoms with E-state index in [-0.39, 0.29) is 28.0 Å². The molecule has 1 radical (unpaired) electrons. The first-order valence-electron chi connectivity index (χ1n) is 8.07. The maximum atomic E-state index is 14.7. The van der Waals surface area contributed by atoms with Gasteiger partial charge in [-0.05, 0) is 29.3 Å². The number of halogens is 5. The van der Waals surface area contributed by atoms with Gasteiger partial charge in [-0.1, -0.05) is 30.3 Å². The number of benzene rings is 3. The lowest BCUT2D eigenvalue weighted by Crippen LogP contribution is -2.05. The second kappa shape index (κ2) is 6.33. The van der Waals surface area contributed by atoms with Crippen molar-refractivity contribution < 1.29 is 22.0 Å². The van der Waals surface area contributed by atoms with Crippen molar-refractivity contribution in [3.63, 3.8) is 0 Å². The van der Waals surface area contributed by atoms with Gasteiger partial charge in [-0.25, -0.2) is 8.78 Å². The van der Waals surface area contributed by atoms with Crippen LogP contribution in [0.5, 0.6) is 0 Å². The summed E-state index contributed by atoms with van der Waals surface area (Å²) >= 11 is 0. The van der Waals surface area contributed by atoms with Crippen LogP contribution in [-0.4, -0.2) is 10.2 Å². The first-order valence-corrected chi connectivity index (χ1v) is 8.07. The molecular formula is C20H11F5N3. The van der Waals surface area contributed by atoms with Gasteiger partial charge in [-0.3, -0.25) is 5.10 Å². The number of aromatic amines is 1. The predicted molar refractivity (Wildman–Crippen MR) is 95.1 cm³/mol. The molecule has 3 nitrogen and oxygen atoms in total. The molecule has 3 aromatic carbocycles. The summed E-state index contributed by atoms with van der Waals surface area (Å²) in [5.74, 6) is -1.29. The van der Waals surface area contributed by atoms with E-state index in [1.165, 1.54) is 30.3 Å². The average Bonchev–Trinajstić information content (AvgIpc) is 3.04. The lowest BCUT2D eigenvalue weighted by molar-refractivity contribution is -0.137. The van der Waals surface area contributed by atoms with E-state index in [1.807, 2.05) is 6.07 Å². The Morgan fingerprint density at radius 2 is 1.57 bits per heavy atom. The maximum absolute atomic E-state index is 14.7. The van der Waals surface area contributed by atoms with Crippen molar-refractivity contribution in [2.75, 3.05) is 5.73 Å². The zero-order chi connectivity index (χ0) is 20.1. The van der Waals surface area contributed by atoms with Crippen molar-refractivity contribution >= 4 is 16.7 Å². The average molecular weight is 388 g/mol. The number of nitrogens with zero attached hydrogens (tertiary/aromatic N) is 1. The molecule has 0 fully saturated rings. The molecule has 28 heavy (non-hydrogen) atoms. The lowest BCUT2D eigenvalue weighted by atomic mass is 9.98. The van der Waals surface area contributed by atoms with E-state index >= 15 is 0 Å². The Hall–Kier alpha value is -3.42. The van der Waals surface area contributed by atoms with Crippen molar-refractivity contribution in [2.45, 2.75) is 6.18 Å². The van der Waals surface area contributed by atoms with E-state index in [0.29, 0.717) is 17.0 Å². The number of H-pyrrole nitrogens is 1. The highest BCUT2D eigenvalue weighted by Crippen LogP contribution is 2.35. The summed E-state index contributed by atoms with van der Waals surface area (Å²) in [6, 6.07) is 12.3.